The Hall–Kier alpha value is -1.36. The third kappa shape index (κ3) is 2.56. The molecule has 1 N–H and O–H groups in total. The van der Waals surface area contributed by atoms with E-state index in [1.165, 1.54) is 5.56 Å². The Morgan fingerprint density at radius 2 is 2.33 bits per heavy atom. The first-order valence-corrected chi connectivity index (χ1v) is 6.35. The molecule has 1 fully saturated rings. The fourth-order valence-corrected chi connectivity index (χ4v) is 2.70. The first kappa shape index (κ1) is 13.1. The van der Waals surface area contributed by atoms with Crippen LogP contribution in [0, 0.1) is 12.3 Å². The number of carboxylic acids is 1. The van der Waals surface area contributed by atoms with Crippen molar-refractivity contribution in [2.45, 2.75) is 33.2 Å². The van der Waals surface area contributed by atoms with Gasteiger partial charge >= 0.3 is 5.97 Å². The number of piperidine rings is 1. The Morgan fingerprint density at radius 3 is 2.89 bits per heavy atom. The van der Waals surface area contributed by atoms with Crippen LogP contribution >= 0.6 is 0 Å². The van der Waals surface area contributed by atoms with Crippen molar-refractivity contribution in [1.82, 2.24) is 14.7 Å². The average molecular weight is 251 g/mol. The van der Waals surface area contributed by atoms with E-state index in [2.05, 4.69) is 10.00 Å². The van der Waals surface area contributed by atoms with Gasteiger partial charge in [0.2, 0.25) is 0 Å². The van der Waals surface area contributed by atoms with Crippen LogP contribution in [0.25, 0.3) is 0 Å². The summed E-state index contributed by atoms with van der Waals surface area (Å²) in [5.74, 6) is -0.685. The summed E-state index contributed by atoms with van der Waals surface area (Å²) in [6.07, 6.45) is 3.73. The van der Waals surface area contributed by atoms with Gasteiger partial charge < -0.3 is 5.11 Å². The zero-order valence-electron chi connectivity index (χ0n) is 11.3. The number of hydrogen-bond donors (Lipinski definition) is 1. The largest absolute Gasteiger partial charge is 0.481 e. The minimum Gasteiger partial charge on any atom is -0.481 e. The van der Waals surface area contributed by atoms with Crippen LogP contribution in [0.4, 0.5) is 0 Å². The van der Waals surface area contributed by atoms with E-state index in [1.807, 2.05) is 31.8 Å². The fraction of sp³-hybridized carbons (Fsp3) is 0.692. The van der Waals surface area contributed by atoms with Crippen LogP contribution in [0.3, 0.4) is 0 Å². The van der Waals surface area contributed by atoms with Crippen LogP contribution in [-0.2, 0) is 18.4 Å². The molecule has 1 aromatic heterocycles. The van der Waals surface area contributed by atoms with Crippen LogP contribution in [0.2, 0.25) is 0 Å². The minimum absolute atomic E-state index is 0.603. The van der Waals surface area contributed by atoms with E-state index in [4.69, 9.17) is 0 Å². The van der Waals surface area contributed by atoms with Crippen molar-refractivity contribution >= 4 is 5.97 Å². The molecule has 0 radical (unpaired) electrons. The second kappa shape index (κ2) is 4.72. The number of hydrogen-bond acceptors (Lipinski definition) is 3. The van der Waals surface area contributed by atoms with E-state index in [1.54, 1.807) is 0 Å². The fourth-order valence-electron chi connectivity index (χ4n) is 2.70. The molecule has 0 amide bonds. The number of aliphatic carboxylic acids is 1. The lowest BCUT2D eigenvalue weighted by Gasteiger charge is -2.37. The normalized spacial score (nSPS) is 25.3. The molecule has 0 bridgehead atoms. The highest BCUT2D eigenvalue weighted by atomic mass is 16.4. The molecule has 18 heavy (non-hydrogen) atoms. The minimum atomic E-state index is -0.685. The molecule has 1 aromatic rings. The highest BCUT2D eigenvalue weighted by molar-refractivity contribution is 5.74. The summed E-state index contributed by atoms with van der Waals surface area (Å²) in [5, 5.41) is 13.6. The van der Waals surface area contributed by atoms with Crippen LogP contribution in [0.5, 0.6) is 0 Å². The third-order valence-electron chi connectivity index (χ3n) is 3.80. The van der Waals surface area contributed by atoms with Crippen molar-refractivity contribution < 1.29 is 9.90 Å². The average Bonchev–Trinajstić information content (AvgIpc) is 2.57. The van der Waals surface area contributed by atoms with Crippen molar-refractivity contribution in [3.8, 4) is 0 Å². The molecule has 5 heteroatoms. The molecule has 0 saturated carbocycles. The molecule has 0 aromatic carbocycles. The molecule has 1 aliphatic rings. The first-order chi connectivity index (χ1) is 8.40. The molecule has 1 atom stereocenters. The Morgan fingerprint density at radius 1 is 1.61 bits per heavy atom. The number of rotatable bonds is 3. The van der Waals surface area contributed by atoms with Gasteiger partial charge in [0.1, 0.15) is 0 Å². The van der Waals surface area contributed by atoms with Gasteiger partial charge in [-0.25, -0.2) is 0 Å². The Kier molecular flexibility index (Phi) is 3.43. The van der Waals surface area contributed by atoms with Crippen molar-refractivity contribution in [1.29, 1.82) is 0 Å². The van der Waals surface area contributed by atoms with Gasteiger partial charge in [-0.15, -0.1) is 0 Å². The lowest BCUT2D eigenvalue weighted by atomic mass is 9.82. The Labute approximate surface area is 107 Å². The van der Waals surface area contributed by atoms with Crippen molar-refractivity contribution in [3.63, 3.8) is 0 Å². The molecule has 0 aliphatic carbocycles. The molecule has 100 valence electrons. The van der Waals surface area contributed by atoms with Gasteiger partial charge in [-0.3, -0.25) is 14.4 Å². The molecule has 2 rings (SSSR count). The summed E-state index contributed by atoms with van der Waals surface area (Å²) in [4.78, 5) is 13.5. The second-order valence-corrected chi connectivity index (χ2v) is 5.59. The molecule has 5 nitrogen and oxygen atoms in total. The van der Waals surface area contributed by atoms with Crippen molar-refractivity contribution in [2.75, 3.05) is 13.1 Å². The number of aryl methyl sites for hydroxylation is 2. The third-order valence-corrected chi connectivity index (χ3v) is 3.80. The Bertz CT molecular complexity index is 455. The number of nitrogens with zero attached hydrogens (tertiary/aromatic N) is 3. The number of likely N-dealkylation sites (tertiary alicyclic amines) is 1. The van der Waals surface area contributed by atoms with Crippen LogP contribution in [0.1, 0.15) is 31.0 Å². The number of carboxylic acid groups (broad SMARTS) is 1. The van der Waals surface area contributed by atoms with Crippen LogP contribution in [-0.4, -0.2) is 38.8 Å². The van der Waals surface area contributed by atoms with Gasteiger partial charge in [-0.1, -0.05) is 0 Å². The standard InChI is InChI=1S/C13H21N3O2/c1-10-11(7-15(3)14-10)8-16-6-4-5-13(2,9-16)12(17)18/h7H,4-6,8-9H2,1-3H3,(H,17,18). The molecule has 2 heterocycles. The smallest absolute Gasteiger partial charge is 0.310 e. The summed E-state index contributed by atoms with van der Waals surface area (Å²) in [6.45, 7) is 6.23. The highest BCUT2D eigenvalue weighted by Gasteiger charge is 2.37. The van der Waals surface area contributed by atoms with E-state index >= 15 is 0 Å². The predicted molar refractivity (Wildman–Crippen MR) is 68.2 cm³/mol. The first-order valence-electron chi connectivity index (χ1n) is 6.35. The molecule has 1 unspecified atom stereocenters. The van der Waals surface area contributed by atoms with Crippen molar-refractivity contribution in [2.24, 2.45) is 12.5 Å². The molecular formula is C13H21N3O2. The number of aromatic nitrogens is 2. The summed E-state index contributed by atoms with van der Waals surface area (Å²) >= 11 is 0. The Balaban J connectivity index is 2.06. The van der Waals surface area contributed by atoms with Crippen LogP contribution in [0.15, 0.2) is 6.20 Å². The van der Waals surface area contributed by atoms with Gasteiger partial charge in [-0.2, -0.15) is 5.10 Å². The zero-order chi connectivity index (χ0) is 13.3. The van der Waals surface area contributed by atoms with Crippen LogP contribution < -0.4 is 0 Å². The van der Waals surface area contributed by atoms with Gasteiger partial charge in [-0.05, 0) is 33.2 Å². The van der Waals surface area contributed by atoms with Gasteiger partial charge in [0.05, 0.1) is 11.1 Å². The van der Waals surface area contributed by atoms with Crippen molar-refractivity contribution in [3.05, 3.63) is 17.5 Å². The highest BCUT2D eigenvalue weighted by Crippen LogP contribution is 2.30. The van der Waals surface area contributed by atoms with Gasteiger partial charge in [0.25, 0.3) is 0 Å². The monoisotopic (exact) mass is 251 g/mol. The SMILES string of the molecule is Cc1nn(C)cc1CN1CCCC(C)(C(=O)O)C1. The van der Waals surface area contributed by atoms with Gasteiger partial charge in [0.15, 0.2) is 0 Å². The molecule has 0 spiro atoms. The number of carbonyl (C=O) groups is 1. The maximum Gasteiger partial charge on any atom is 0.310 e. The summed E-state index contributed by atoms with van der Waals surface area (Å²) in [5.41, 5.74) is 1.61. The maximum atomic E-state index is 11.3. The van der Waals surface area contributed by atoms with E-state index in [9.17, 15) is 9.90 Å². The lowest BCUT2D eigenvalue weighted by Crippen LogP contribution is -2.45. The van der Waals surface area contributed by atoms with Gasteiger partial charge in [0, 0.05) is 31.9 Å². The molecule has 1 saturated heterocycles. The predicted octanol–water partition coefficient (Wildman–Crippen LogP) is 1.42. The van der Waals surface area contributed by atoms with E-state index in [0.717, 1.165) is 31.6 Å². The topological polar surface area (TPSA) is 58.4 Å². The van der Waals surface area contributed by atoms with E-state index < -0.39 is 11.4 Å². The summed E-state index contributed by atoms with van der Waals surface area (Å²) < 4.78 is 1.81. The molecule has 1 aliphatic heterocycles. The van der Waals surface area contributed by atoms with E-state index in [0.29, 0.717) is 6.54 Å². The quantitative estimate of drug-likeness (QED) is 0.882. The van der Waals surface area contributed by atoms with E-state index in [-0.39, 0.29) is 0 Å². The summed E-state index contributed by atoms with van der Waals surface area (Å²) in [7, 11) is 1.91. The zero-order valence-corrected chi connectivity index (χ0v) is 11.3. The second-order valence-electron chi connectivity index (χ2n) is 5.59. The molecular weight excluding hydrogens is 230 g/mol. The summed E-state index contributed by atoms with van der Waals surface area (Å²) in [6, 6.07) is 0. The lowest BCUT2D eigenvalue weighted by molar-refractivity contribution is -0.151. The maximum absolute atomic E-state index is 11.3.